The van der Waals surface area contributed by atoms with Gasteiger partial charge < -0.3 is 4.74 Å². The molecule has 0 spiro atoms. The number of hydrogen-bond donors (Lipinski definition) is 0. The van der Waals surface area contributed by atoms with Crippen LogP contribution in [-0.4, -0.2) is 28.3 Å². The predicted octanol–water partition coefficient (Wildman–Crippen LogP) is 3.97. The molecule has 0 N–H and O–H groups in total. The van der Waals surface area contributed by atoms with Gasteiger partial charge in [0.05, 0.1) is 7.11 Å². The Kier molecular flexibility index (Phi) is 4.09. The smallest absolute Gasteiger partial charge is 0.175 e. The minimum absolute atomic E-state index is 0.769. The van der Waals surface area contributed by atoms with Gasteiger partial charge in [-0.05, 0) is 30.5 Å². The molecule has 0 fully saturated rings. The van der Waals surface area contributed by atoms with Crippen LogP contribution in [0.3, 0.4) is 0 Å². The molecule has 0 atom stereocenters. The summed E-state index contributed by atoms with van der Waals surface area (Å²) in [4.78, 5) is 14.2. The van der Waals surface area contributed by atoms with E-state index >= 15 is 0 Å². The van der Waals surface area contributed by atoms with Gasteiger partial charge in [0.25, 0.3) is 0 Å². The third-order valence-corrected chi connectivity index (χ3v) is 5.76. The zero-order valence-corrected chi connectivity index (χ0v) is 13.3. The molecular weight excluding hydrogens is 310 g/mol. The topological polar surface area (TPSA) is 47.9 Å². The molecule has 3 rings (SSSR count). The molecule has 7 heteroatoms. The van der Waals surface area contributed by atoms with Gasteiger partial charge in [-0.25, -0.2) is 15.0 Å². The lowest BCUT2D eigenvalue weighted by Gasteiger charge is -2.03. The number of aromatic nitrogens is 3. The van der Waals surface area contributed by atoms with Crippen LogP contribution >= 0.6 is 34.9 Å². The van der Waals surface area contributed by atoms with Gasteiger partial charge in [0.2, 0.25) is 0 Å². The van der Waals surface area contributed by atoms with Gasteiger partial charge in [-0.1, -0.05) is 23.5 Å². The normalized spacial score (nSPS) is 10.9. The van der Waals surface area contributed by atoms with Crippen molar-refractivity contribution in [3.05, 3.63) is 30.6 Å². The highest BCUT2D eigenvalue weighted by molar-refractivity contribution is 8.01. The van der Waals surface area contributed by atoms with Crippen molar-refractivity contribution in [2.24, 2.45) is 0 Å². The molecule has 20 heavy (non-hydrogen) atoms. The Hall–Kier alpha value is -1.31. The van der Waals surface area contributed by atoms with E-state index in [0.29, 0.717) is 0 Å². The largest absolute Gasteiger partial charge is 0.497 e. The van der Waals surface area contributed by atoms with Crippen molar-refractivity contribution in [2.45, 2.75) is 14.3 Å². The summed E-state index contributed by atoms with van der Waals surface area (Å²) < 4.78 is 7.21. The standard InChI is InChI=1S/C13H11N3OS3/c1-17-8-3-5-9(6-4-8)19-12-10-11(14-7-15-12)16-13(18-2)20-10/h3-7H,1-2H3. The summed E-state index contributed by atoms with van der Waals surface area (Å²) in [5, 5.41) is 0.943. The Bertz CT molecular complexity index is 727. The van der Waals surface area contributed by atoms with E-state index in [2.05, 4.69) is 15.0 Å². The Labute approximate surface area is 129 Å². The van der Waals surface area contributed by atoms with Crippen LogP contribution in [0.1, 0.15) is 0 Å². The van der Waals surface area contributed by atoms with E-state index in [0.717, 1.165) is 30.4 Å². The number of thioether (sulfide) groups is 1. The van der Waals surface area contributed by atoms with Crippen molar-refractivity contribution in [3.63, 3.8) is 0 Å². The molecule has 0 unspecified atom stereocenters. The summed E-state index contributed by atoms with van der Waals surface area (Å²) in [6.07, 6.45) is 3.58. The molecule has 0 aliphatic heterocycles. The maximum Gasteiger partial charge on any atom is 0.175 e. The van der Waals surface area contributed by atoms with Crippen LogP contribution in [0.4, 0.5) is 0 Å². The fourth-order valence-corrected chi connectivity index (χ4v) is 4.06. The first-order valence-corrected chi connectivity index (χ1v) is 8.63. The highest BCUT2D eigenvalue weighted by Crippen LogP contribution is 2.36. The van der Waals surface area contributed by atoms with Gasteiger partial charge in [-0.2, -0.15) is 0 Å². The van der Waals surface area contributed by atoms with Gasteiger partial charge in [0.1, 0.15) is 21.8 Å². The van der Waals surface area contributed by atoms with Crippen molar-refractivity contribution in [3.8, 4) is 5.75 Å². The average molecular weight is 321 g/mol. The Morgan fingerprint density at radius 2 is 1.95 bits per heavy atom. The molecule has 2 heterocycles. The van der Waals surface area contributed by atoms with Gasteiger partial charge in [0, 0.05) is 4.90 Å². The van der Waals surface area contributed by atoms with Crippen molar-refractivity contribution < 1.29 is 4.74 Å². The van der Waals surface area contributed by atoms with E-state index in [9.17, 15) is 0 Å². The lowest BCUT2D eigenvalue weighted by atomic mass is 10.3. The maximum atomic E-state index is 5.16. The van der Waals surface area contributed by atoms with Crippen molar-refractivity contribution in [1.29, 1.82) is 0 Å². The van der Waals surface area contributed by atoms with E-state index in [1.54, 1.807) is 48.3 Å². The summed E-state index contributed by atoms with van der Waals surface area (Å²) in [5.74, 6) is 0.852. The van der Waals surface area contributed by atoms with E-state index in [4.69, 9.17) is 4.74 Å². The Balaban J connectivity index is 1.94. The Morgan fingerprint density at radius 1 is 1.15 bits per heavy atom. The molecule has 102 valence electrons. The van der Waals surface area contributed by atoms with Crippen molar-refractivity contribution >= 4 is 45.2 Å². The maximum absolute atomic E-state index is 5.16. The second kappa shape index (κ2) is 5.99. The van der Waals surface area contributed by atoms with E-state index in [1.807, 2.05) is 30.5 Å². The second-order valence-electron chi connectivity index (χ2n) is 3.79. The highest BCUT2D eigenvalue weighted by Gasteiger charge is 2.11. The molecule has 0 aliphatic carbocycles. The van der Waals surface area contributed by atoms with Crippen LogP contribution in [0.5, 0.6) is 5.75 Å². The van der Waals surface area contributed by atoms with Gasteiger partial charge in [-0.3, -0.25) is 0 Å². The van der Waals surface area contributed by atoms with Crippen LogP contribution in [-0.2, 0) is 0 Å². The molecule has 0 saturated heterocycles. The Morgan fingerprint density at radius 3 is 2.65 bits per heavy atom. The summed E-state index contributed by atoms with van der Waals surface area (Å²) >= 11 is 4.88. The molecular formula is C13H11N3OS3. The minimum Gasteiger partial charge on any atom is -0.497 e. The second-order valence-corrected chi connectivity index (χ2v) is 6.91. The van der Waals surface area contributed by atoms with E-state index < -0.39 is 0 Å². The quantitative estimate of drug-likeness (QED) is 0.535. The molecule has 0 saturated carbocycles. The van der Waals surface area contributed by atoms with Gasteiger partial charge in [0.15, 0.2) is 9.99 Å². The summed E-state index contributed by atoms with van der Waals surface area (Å²) in [7, 11) is 1.66. The number of thiazole rings is 1. The first kappa shape index (κ1) is 13.7. The lowest BCUT2D eigenvalue weighted by Crippen LogP contribution is -1.85. The third kappa shape index (κ3) is 2.74. The molecule has 0 aliphatic rings. The van der Waals surface area contributed by atoms with Gasteiger partial charge >= 0.3 is 0 Å². The molecule has 4 nitrogen and oxygen atoms in total. The lowest BCUT2D eigenvalue weighted by molar-refractivity contribution is 0.414. The number of fused-ring (bicyclic) bond motifs is 1. The fourth-order valence-electron chi connectivity index (χ4n) is 1.63. The highest BCUT2D eigenvalue weighted by atomic mass is 32.2. The molecule has 0 amide bonds. The monoisotopic (exact) mass is 321 g/mol. The van der Waals surface area contributed by atoms with Crippen LogP contribution in [0.25, 0.3) is 10.3 Å². The van der Waals surface area contributed by atoms with Crippen LogP contribution in [0.15, 0.2) is 44.9 Å². The third-order valence-electron chi connectivity index (χ3n) is 2.59. The first-order chi connectivity index (χ1) is 9.80. The molecule has 1 aromatic carbocycles. The van der Waals surface area contributed by atoms with E-state index in [1.165, 1.54) is 0 Å². The minimum atomic E-state index is 0.769. The number of rotatable bonds is 4. The number of ether oxygens (including phenoxy) is 1. The van der Waals surface area contributed by atoms with Crippen molar-refractivity contribution in [1.82, 2.24) is 15.0 Å². The zero-order chi connectivity index (χ0) is 13.9. The molecule has 0 radical (unpaired) electrons. The number of hydrogen-bond acceptors (Lipinski definition) is 7. The predicted molar refractivity (Wildman–Crippen MR) is 84.1 cm³/mol. The summed E-state index contributed by atoms with van der Waals surface area (Å²) in [6.45, 7) is 0. The SMILES string of the molecule is COc1ccc(Sc2ncnc3nc(SC)sc23)cc1. The summed E-state index contributed by atoms with van der Waals surface area (Å²) in [5.41, 5.74) is 0.769. The number of nitrogens with zero attached hydrogens (tertiary/aromatic N) is 3. The zero-order valence-electron chi connectivity index (χ0n) is 10.9. The number of benzene rings is 1. The fraction of sp³-hybridized carbons (Fsp3) is 0.154. The van der Waals surface area contributed by atoms with Crippen molar-refractivity contribution in [2.75, 3.05) is 13.4 Å². The average Bonchev–Trinajstić information content (AvgIpc) is 2.92. The van der Waals surface area contributed by atoms with E-state index in [-0.39, 0.29) is 0 Å². The van der Waals surface area contributed by atoms with Crippen LogP contribution < -0.4 is 4.74 Å². The first-order valence-electron chi connectivity index (χ1n) is 5.77. The summed E-state index contributed by atoms with van der Waals surface area (Å²) in [6, 6.07) is 7.93. The molecule has 3 aromatic rings. The molecule has 0 bridgehead atoms. The van der Waals surface area contributed by atoms with Gasteiger partial charge in [-0.15, -0.1) is 11.3 Å². The molecule has 2 aromatic heterocycles. The number of methoxy groups -OCH3 is 1. The van der Waals surface area contributed by atoms with Crippen LogP contribution in [0, 0.1) is 0 Å². The van der Waals surface area contributed by atoms with Crippen LogP contribution in [0.2, 0.25) is 0 Å².